The van der Waals surface area contributed by atoms with Gasteiger partial charge in [0.2, 0.25) is 23.5 Å². The number of carboxylic acids is 1. The number of hydrogen-bond acceptors (Lipinski definition) is 6. The van der Waals surface area contributed by atoms with E-state index in [9.17, 15) is 33.9 Å². The Balaban J connectivity index is 1.56. The van der Waals surface area contributed by atoms with Crippen LogP contribution in [0.1, 0.15) is 49.8 Å². The van der Waals surface area contributed by atoms with Crippen LogP contribution in [-0.2, 0) is 48.0 Å². The van der Waals surface area contributed by atoms with Gasteiger partial charge in [-0.05, 0) is 35.4 Å². The van der Waals surface area contributed by atoms with Gasteiger partial charge in [0, 0.05) is 19.4 Å². The number of nitrogens with zero attached hydrogens (tertiary/aromatic N) is 1. The molecule has 5 atom stereocenters. The summed E-state index contributed by atoms with van der Waals surface area (Å²) in [6.45, 7) is 3.81. The maximum Gasteiger partial charge on any atom is 0.326 e. The predicted octanol–water partition coefficient (Wildman–Crippen LogP) is 2.86. The number of ketones is 1. The van der Waals surface area contributed by atoms with E-state index >= 15 is 0 Å². The average Bonchev–Trinajstić information content (AvgIpc) is 3.61. The molecule has 0 aromatic heterocycles. The third kappa shape index (κ3) is 10.3. The second-order valence-corrected chi connectivity index (χ2v) is 12.5. The van der Waals surface area contributed by atoms with Crippen molar-refractivity contribution < 1.29 is 33.9 Å². The Morgan fingerprint density at radius 1 is 0.755 bits per heavy atom. The van der Waals surface area contributed by atoms with E-state index in [1.165, 1.54) is 4.90 Å². The van der Waals surface area contributed by atoms with Crippen molar-refractivity contribution in [1.29, 1.82) is 0 Å². The zero-order valence-electron chi connectivity index (χ0n) is 27.8. The van der Waals surface area contributed by atoms with Crippen LogP contribution in [0.2, 0.25) is 0 Å². The number of nitrogens with one attached hydrogen (secondary N) is 3. The highest BCUT2D eigenvalue weighted by atomic mass is 16.4. The van der Waals surface area contributed by atoms with Crippen molar-refractivity contribution in [1.82, 2.24) is 20.9 Å². The van der Waals surface area contributed by atoms with Crippen LogP contribution in [0.5, 0.6) is 0 Å². The summed E-state index contributed by atoms with van der Waals surface area (Å²) >= 11 is 0. The molecule has 11 heteroatoms. The fourth-order valence-electron chi connectivity index (χ4n) is 5.94. The highest BCUT2D eigenvalue weighted by molar-refractivity contribution is 6.39. The van der Waals surface area contributed by atoms with Crippen molar-refractivity contribution in [3.8, 4) is 0 Å². The summed E-state index contributed by atoms with van der Waals surface area (Å²) in [5.41, 5.74) is 2.22. The van der Waals surface area contributed by atoms with E-state index in [-0.39, 0.29) is 31.7 Å². The minimum atomic E-state index is -1.33. The molecule has 1 aliphatic heterocycles. The number of likely N-dealkylation sites (tertiary alicyclic amines) is 1. The van der Waals surface area contributed by atoms with Gasteiger partial charge in [-0.1, -0.05) is 111 Å². The summed E-state index contributed by atoms with van der Waals surface area (Å²) in [6.07, 6.45) is 1.45. The smallest absolute Gasteiger partial charge is 0.326 e. The van der Waals surface area contributed by atoms with Crippen LogP contribution < -0.4 is 16.0 Å². The predicted molar refractivity (Wildman–Crippen MR) is 183 cm³/mol. The number of Topliss-reactive ketones (excluding diaryl/α,β-unsaturated/α-hetero) is 1. The summed E-state index contributed by atoms with van der Waals surface area (Å²) in [5, 5.41) is 17.7. The van der Waals surface area contributed by atoms with Gasteiger partial charge in [0.05, 0.1) is 6.42 Å². The highest BCUT2D eigenvalue weighted by Gasteiger charge is 2.40. The van der Waals surface area contributed by atoms with Gasteiger partial charge in [0.1, 0.15) is 24.2 Å². The third-order valence-corrected chi connectivity index (χ3v) is 8.87. The van der Waals surface area contributed by atoms with Crippen LogP contribution in [0.15, 0.2) is 91.0 Å². The molecule has 49 heavy (non-hydrogen) atoms. The summed E-state index contributed by atoms with van der Waals surface area (Å²) < 4.78 is 0. The topological polar surface area (TPSA) is 162 Å². The molecule has 3 aromatic carbocycles. The maximum atomic E-state index is 13.9. The molecule has 4 rings (SSSR count). The van der Waals surface area contributed by atoms with Crippen LogP contribution in [0.4, 0.5) is 0 Å². The molecule has 1 saturated heterocycles. The molecule has 4 amide bonds. The zero-order valence-corrected chi connectivity index (χ0v) is 27.8. The minimum Gasteiger partial charge on any atom is -0.480 e. The van der Waals surface area contributed by atoms with Crippen molar-refractivity contribution in [3.05, 3.63) is 108 Å². The number of benzene rings is 3. The maximum absolute atomic E-state index is 13.9. The molecule has 0 radical (unpaired) electrons. The van der Waals surface area contributed by atoms with Gasteiger partial charge >= 0.3 is 5.97 Å². The molecular weight excluding hydrogens is 624 g/mol. The zero-order chi connectivity index (χ0) is 35.3. The summed E-state index contributed by atoms with van der Waals surface area (Å²) in [4.78, 5) is 81.1. The van der Waals surface area contributed by atoms with Gasteiger partial charge in [-0.3, -0.25) is 24.0 Å². The average molecular weight is 669 g/mol. The standard InChI is InChI=1S/C38H44N4O7/c1-3-25(2)33(37(47)42-21-13-20-31(42)38(48)49)41-36(46)34(44)29(22-26-14-7-4-8-15-26)40-35(45)30(23-27-16-9-5-10-17-27)39-32(43)24-28-18-11-6-12-19-28/h4-12,14-19,25,29-31,33H,3,13,20-24H2,1-2H3,(H,39,43)(H,40,45)(H,41,46)(H,48,49). The second-order valence-electron chi connectivity index (χ2n) is 12.5. The number of hydrogen-bond donors (Lipinski definition) is 4. The molecule has 0 spiro atoms. The first-order chi connectivity index (χ1) is 23.6. The van der Waals surface area contributed by atoms with Gasteiger partial charge in [-0.25, -0.2) is 4.79 Å². The van der Waals surface area contributed by atoms with Crippen molar-refractivity contribution in [2.45, 2.75) is 76.5 Å². The lowest BCUT2D eigenvalue weighted by atomic mass is 9.96. The van der Waals surface area contributed by atoms with Gasteiger partial charge < -0.3 is 26.0 Å². The Morgan fingerprint density at radius 2 is 1.29 bits per heavy atom. The normalized spacial score (nSPS) is 16.4. The molecule has 4 N–H and O–H groups in total. The summed E-state index contributed by atoms with van der Waals surface area (Å²) in [5.74, 6) is -5.17. The molecule has 258 valence electrons. The van der Waals surface area contributed by atoms with Crippen LogP contribution in [-0.4, -0.2) is 76.1 Å². The van der Waals surface area contributed by atoms with Gasteiger partial charge in [-0.2, -0.15) is 0 Å². The number of carboxylic acid groups (broad SMARTS) is 1. The third-order valence-electron chi connectivity index (χ3n) is 8.87. The van der Waals surface area contributed by atoms with Crippen molar-refractivity contribution in [2.24, 2.45) is 5.92 Å². The number of carbonyl (C=O) groups excluding carboxylic acids is 5. The molecular formula is C38H44N4O7. The van der Waals surface area contributed by atoms with Crippen molar-refractivity contribution in [3.63, 3.8) is 0 Å². The Morgan fingerprint density at radius 3 is 1.82 bits per heavy atom. The molecule has 0 aliphatic carbocycles. The Kier molecular flexibility index (Phi) is 13.2. The molecule has 1 aliphatic rings. The van der Waals surface area contributed by atoms with E-state index in [2.05, 4.69) is 16.0 Å². The lowest BCUT2D eigenvalue weighted by Gasteiger charge is -2.30. The molecule has 1 fully saturated rings. The molecule has 5 unspecified atom stereocenters. The first-order valence-electron chi connectivity index (χ1n) is 16.7. The van der Waals surface area contributed by atoms with E-state index < -0.39 is 59.6 Å². The lowest BCUT2D eigenvalue weighted by Crippen LogP contribution is -2.58. The quantitative estimate of drug-likeness (QED) is 0.171. The minimum absolute atomic E-state index is 0.0238. The number of aliphatic carboxylic acids is 1. The number of amides is 4. The molecule has 11 nitrogen and oxygen atoms in total. The van der Waals surface area contributed by atoms with Crippen molar-refractivity contribution >= 4 is 35.4 Å². The van der Waals surface area contributed by atoms with E-state index in [4.69, 9.17) is 0 Å². The van der Waals surface area contributed by atoms with Gasteiger partial charge in [0.25, 0.3) is 5.91 Å². The molecule has 1 heterocycles. The van der Waals surface area contributed by atoms with E-state index in [0.29, 0.717) is 24.8 Å². The Bertz CT molecular complexity index is 1600. The Labute approximate surface area is 286 Å². The fourth-order valence-corrected chi connectivity index (χ4v) is 5.94. The summed E-state index contributed by atoms with van der Waals surface area (Å²) in [7, 11) is 0. The summed E-state index contributed by atoms with van der Waals surface area (Å²) in [6, 6.07) is 22.5. The number of rotatable bonds is 16. The molecule has 3 aromatic rings. The van der Waals surface area contributed by atoms with Crippen LogP contribution >= 0.6 is 0 Å². The Hall–Kier alpha value is -5.32. The van der Waals surface area contributed by atoms with E-state index in [1.807, 2.05) is 67.6 Å². The van der Waals surface area contributed by atoms with Crippen molar-refractivity contribution in [2.75, 3.05) is 6.54 Å². The first-order valence-corrected chi connectivity index (χ1v) is 16.7. The van der Waals surface area contributed by atoms with Gasteiger partial charge in [-0.15, -0.1) is 0 Å². The molecule has 0 saturated carbocycles. The fraction of sp³-hybridized carbons (Fsp3) is 0.368. The lowest BCUT2D eigenvalue weighted by molar-refractivity contribution is -0.150. The largest absolute Gasteiger partial charge is 0.480 e. The van der Waals surface area contributed by atoms with E-state index in [0.717, 1.165) is 11.1 Å². The molecule has 0 bridgehead atoms. The highest BCUT2D eigenvalue weighted by Crippen LogP contribution is 2.21. The van der Waals surface area contributed by atoms with E-state index in [1.54, 1.807) is 37.3 Å². The first kappa shape index (κ1) is 36.5. The SMILES string of the molecule is CCC(C)C(NC(=O)C(=O)C(Cc1ccccc1)NC(=O)C(Cc1ccccc1)NC(=O)Cc1ccccc1)C(=O)N1CCCC1C(=O)O. The number of carbonyl (C=O) groups is 6. The van der Waals surface area contributed by atoms with Crippen LogP contribution in [0, 0.1) is 5.92 Å². The second kappa shape index (κ2) is 17.7. The van der Waals surface area contributed by atoms with Crippen LogP contribution in [0.3, 0.4) is 0 Å². The van der Waals surface area contributed by atoms with Gasteiger partial charge in [0.15, 0.2) is 0 Å². The monoisotopic (exact) mass is 668 g/mol. The van der Waals surface area contributed by atoms with Crippen LogP contribution in [0.25, 0.3) is 0 Å².